The van der Waals surface area contributed by atoms with E-state index in [0.29, 0.717) is 0 Å². The van der Waals surface area contributed by atoms with E-state index in [4.69, 9.17) is 0 Å². The van der Waals surface area contributed by atoms with Crippen molar-refractivity contribution in [3.8, 4) is 22.4 Å². The summed E-state index contributed by atoms with van der Waals surface area (Å²) in [5.41, 5.74) is 7.83. The third-order valence-corrected chi connectivity index (χ3v) is 10.2. The highest BCUT2D eigenvalue weighted by atomic mass is 28.3. The van der Waals surface area contributed by atoms with Gasteiger partial charge < -0.3 is 0 Å². The highest BCUT2D eigenvalue weighted by Gasteiger charge is 2.25. The summed E-state index contributed by atoms with van der Waals surface area (Å²) in [6.07, 6.45) is 2.21. The highest BCUT2D eigenvalue weighted by molar-refractivity contribution is 6.89. The SMILES string of the molecule is Cc1cc(-c2ccccc2)ccc1-c1c2ccc([Si](C)(C)Cc3ccccc3)cc2cc[n+]1C. The van der Waals surface area contributed by atoms with Crippen molar-refractivity contribution in [1.29, 1.82) is 0 Å². The van der Waals surface area contributed by atoms with Gasteiger partial charge in [-0.3, -0.25) is 0 Å². The molecule has 168 valence electrons. The second-order valence-corrected chi connectivity index (χ2v) is 14.7. The van der Waals surface area contributed by atoms with Gasteiger partial charge in [0, 0.05) is 11.6 Å². The van der Waals surface area contributed by atoms with E-state index in [0.717, 1.165) is 6.04 Å². The number of rotatable bonds is 5. The standard InChI is InChI=1S/C32H32NSi/c1-24-21-27(26-13-9-6-10-14-26)15-17-30(24)32-31-18-16-29(22-28(31)19-20-33(32)2)34(3,4)23-25-11-7-5-8-12-25/h5-22H,23H2,1-4H3/q+1. The summed E-state index contributed by atoms with van der Waals surface area (Å²) in [6.45, 7) is 7.19. The zero-order valence-electron chi connectivity index (χ0n) is 20.5. The van der Waals surface area contributed by atoms with Gasteiger partial charge in [-0.15, -0.1) is 0 Å². The van der Waals surface area contributed by atoms with E-state index in [-0.39, 0.29) is 0 Å². The average Bonchev–Trinajstić information content (AvgIpc) is 2.85. The van der Waals surface area contributed by atoms with Crippen LogP contribution in [0.15, 0.2) is 109 Å². The Morgan fingerprint density at radius 3 is 2.12 bits per heavy atom. The van der Waals surface area contributed by atoms with Crippen LogP contribution in [0.2, 0.25) is 13.1 Å². The lowest BCUT2D eigenvalue weighted by Gasteiger charge is -2.24. The molecule has 4 aromatic carbocycles. The molecule has 1 heterocycles. The van der Waals surface area contributed by atoms with Gasteiger partial charge in [-0.2, -0.15) is 0 Å². The smallest absolute Gasteiger partial charge is 0.200 e. The minimum atomic E-state index is -1.61. The molecule has 34 heavy (non-hydrogen) atoms. The van der Waals surface area contributed by atoms with Gasteiger partial charge in [0.1, 0.15) is 7.05 Å². The molecule has 0 atom stereocenters. The molecule has 1 aromatic heterocycles. The molecule has 0 aliphatic rings. The summed E-state index contributed by atoms with van der Waals surface area (Å²) in [6, 6.07) is 39.0. The first-order chi connectivity index (χ1) is 16.4. The molecule has 0 aliphatic carbocycles. The number of nitrogens with zero attached hydrogens (tertiary/aromatic N) is 1. The van der Waals surface area contributed by atoms with E-state index in [9.17, 15) is 0 Å². The maximum atomic E-state index is 2.48. The van der Waals surface area contributed by atoms with Gasteiger partial charge in [-0.05, 0) is 47.2 Å². The van der Waals surface area contributed by atoms with Crippen LogP contribution in [0.1, 0.15) is 11.1 Å². The molecule has 0 saturated heterocycles. The molecule has 0 aliphatic heterocycles. The molecule has 0 N–H and O–H groups in total. The lowest BCUT2D eigenvalue weighted by atomic mass is 9.95. The van der Waals surface area contributed by atoms with E-state index in [1.54, 1.807) is 0 Å². The molecule has 5 aromatic rings. The van der Waals surface area contributed by atoms with Crippen molar-refractivity contribution in [2.75, 3.05) is 0 Å². The fourth-order valence-corrected chi connectivity index (χ4v) is 7.62. The fraction of sp³-hybridized carbons (Fsp3) is 0.156. The Balaban J connectivity index is 1.56. The summed E-state index contributed by atoms with van der Waals surface area (Å²) in [5.74, 6) is 0. The van der Waals surface area contributed by atoms with Crippen molar-refractivity contribution in [2.45, 2.75) is 26.1 Å². The number of pyridine rings is 1. The molecule has 0 unspecified atom stereocenters. The molecule has 0 spiro atoms. The normalized spacial score (nSPS) is 11.6. The van der Waals surface area contributed by atoms with Gasteiger partial charge in [-0.25, -0.2) is 4.57 Å². The Kier molecular flexibility index (Phi) is 5.93. The highest BCUT2D eigenvalue weighted by Crippen LogP contribution is 2.31. The summed E-state index contributed by atoms with van der Waals surface area (Å²) < 4.78 is 2.26. The maximum Gasteiger partial charge on any atom is 0.220 e. The van der Waals surface area contributed by atoms with Crippen LogP contribution in [0.4, 0.5) is 0 Å². The Labute approximate surface area is 204 Å². The Morgan fingerprint density at radius 1 is 0.706 bits per heavy atom. The molecular weight excluding hydrogens is 426 g/mol. The predicted molar refractivity (Wildman–Crippen MR) is 148 cm³/mol. The van der Waals surface area contributed by atoms with Gasteiger partial charge >= 0.3 is 0 Å². The van der Waals surface area contributed by atoms with Crippen molar-refractivity contribution in [1.82, 2.24) is 0 Å². The largest absolute Gasteiger partial charge is 0.220 e. The van der Waals surface area contributed by atoms with Crippen molar-refractivity contribution in [3.05, 3.63) is 120 Å². The van der Waals surface area contributed by atoms with Crippen LogP contribution in [0.3, 0.4) is 0 Å². The Hall–Kier alpha value is -3.49. The minimum absolute atomic E-state index is 1.16. The van der Waals surface area contributed by atoms with Crippen molar-refractivity contribution in [3.63, 3.8) is 0 Å². The van der Waals surface area contributed by atoms with Crippen LogP contribution in [0.25, 0.3) is 33.2 Å². The molecule has 2 heteroatoms. The number of fused-ring (bicyclic) bond motifs is 1. The third-order valence-electron chi connectivity index (χ3n) is 7.00. The van der Waals surface area contributed by atoms with Crippen LogP contribution in [0.5, 0.6) is 0 Å². The first-order valence-electron chi connectivity index (χ1n) is 12.1. The zero-order valence-corrected chi connectivity index (χ0v) is 21.5. The molecule has 1 nitrogen and oxygen atoms in total. The molecule has 5 rings (SSSR count). The van der Waals surface area contributed by atoms with E-state index in [1.807, 2.05) is 0 Å². The predicted octanol–water partition coefficient (Wildman–Crippen LogP) is 7.00. The number of benzene rings is 4. The lowest BCUT2D eigenvalue weighted by Crippen LogP contribution is -2.44. The van der Waals surface area contributed by atoms with Crippen LogP contribution < -0.4 is 9.75 Å². The van der Waals surface area contributed by atoms with Crippen LogP contribution >= 0.6 is 0 Å². The van der Waals surface area contributed by atoms with Gasteiger partial charge in [0.2, 0.25) is 5.69 Å². The monoisotopic (exact) mass is 458 g/mol. The zero-order chi connectivity index (χ0) is 23.7. The Morgan fingerprint density at radius 2 is 1.41 bits per heavy atom. The molecule has 0 fully saturated rings. The quantitative estimate of drug-likeness (QED) is 0.197. The number of hydrogen-bond acceptors (Lipinski definition) is 0. The van der Waals surface area contributed by atoms with Crippen molar-refractivity contribution >= 4 is 24.0 Å². The number of aryl methyl sites for hydroxylation is 2. The maximum absolute atomic E-state index is 2.48. The van der Waals surface area contributed by atoms with Crippen LogP contribution in [-0.4, -0.2) is 8.07 Å². The first kappa shape index (κ1) is 22.3. The van der Waals surface area contributed by atoms with Crippen molar-refractivity contribution < 1.29 is 4.57 Å². The molecule has 0 radical (unpaired) electrons. The van der Waals surface area contributed by atoms with Crippen molar-refractivity contribution in [2.24, 2.45) is 7.05 Å². The summed E-state index contributed by atoms with van der Waals surface area (Å²) in [5, 5.41) is 4.15. The van der Waals surface area contributed by atoms with E-state index >= 15 is 0 Å². The lowest BCUT2D eigenvalue weighted by molar-refractivity contribution is -0.659. The second-order valence-electron chi connectivity index (χ2n) is 10.0. The van der Waals surface area contributed by atoms with Gasteiger partial charge in [-0.1, -0.05) is 109 Å². The van der Waals surface area contributed by atoms with Crippen LogP contribution in [-0.2, 0) is 13.1 Å². The Bertz CT molecular complexity index is 1450. The second kappa shape index (κ2) is 9.04. The summed E-state index contributed by atoms with van der Waals surface area (Å²) in [4.78, 5) is 0. The molecule has 0 saturated carbocycles. The number of hydrogen-bond donors (Lipinski definition) is 0. The average molecular weight is 459 g/mol. The van der Waals surface area contributed by atoms with Gasteiger partial charge in [0.15, 0.2) is 6.20 Å². The summed E-state index contributed by atoms with van der Waals surface area (Å²) >= 11 is 0. The molecular formula is C32H32NSi+. The first-order valence-corrected chi connectivity index (χ1v) is 15.3. The molecule has 0 bridgehead atoms. The van der Waals surface area contributed by atoms with Gasteiger partial charge in [0.25, 0.3) is 0 Å². The summed E-state index contributed by atoms with van der Waals surface area (Å²) in [7, 11) is 0.544. The third kappa shape index (κ3) is 4.34. The van der Waals surface area contributed by atoms with E-state index in [2.05, 4.69) is 141 Å². The minimum Gasteiger partial charge on any atom is -0.200 e. The topological polar surface area (TPSA) is 3.88 Å². The van der Waals surface area contributed by atoms with Crippen LogP contribution in [0, 0.1) is 6.92 Å². The van der Waals surface area contributed by atoms with E-state index < -0.39 is 8.07 Å². The number of aromatic nitrogens is 1. The van der Waals surface area contributed by atoms with E-state index in [1.165, 1.54) is 49.5 Å². The molecule has 0 amide bonds. The van der Waals surface area contributed by atoms with Gasteiger partial charge in [0.05, 0.1) is 13.5 Å². The fourth-order valence-electron chi connectivity index (χ4n) is 5.08.